The largest absolute Gasteiger partial charge is 0.389 e. The third kappa shape index (κ3) is 2.33. The molecule has 0 radical (unpaired) electrons. The molecule has 3 N–H and O–H groups in total. The predicted octanol–water partition coefficient (Wildman–Crippen LogP) is 3.55. The number of nitrogens with two attached hydrogens (primary N) is 1. The van der Waals surface area contributed by atoms with Crippen molar-refractivity contribution >= 4 is 0 Å². The molecule has 0 spiro atoms. The first-order chi connectivity index (χ1) is 10.1. The van der Waals surface area contributed by atoms with Crippen LogP contribution in [0.3, 0.4) is 0 Å². The molecule has 2 unspecified atom stereocenters. The minimum atomic E-state index is -0.696. The smallest absolute Gasteiger partial charge is 0.0756 e. The summed E-state index contributed by atoms with van der Waals surface area (Å²) < 4.78 is 0. The van der Waals surface area contributed by atoms with E-state index >= 15 is 0 Å². The quantitative estimate of drug-likeness (QED) is 0.893. The monoisotopic (exact) mass is 287 g/mol. The second-order valence-corrected chi connectivity index (χ2v) is 7.28. The van der Waals surface area contributed by atoms with Crippen molar-refractivity contribution in [1.29, 1.82) is 0 Å². The van der Waals surface area contributed by atoms with E-state index in [0.29, 0.717) is 12.5 Å². The van der Waals surface area contributed by atoms with Crippen molar-refractivity contribution in [1.82, 2.24) is 0 Å². The van der Waals surface area contributed by atoms with Crippen LogP contribution >= 0.6 is 0 Å². The fraction of sp³-hybridized carbons (Fsp3) is 0.684. The maximum Gasteiger partial charge on any atom is 0.0756 e. The van der Waals surface area contributed by atoms with E-state index in [4.69, 9.17) is 5.73 Å². The standard InChI is InChI=1S/C19H29NO/c1-18(21,16-10-3-2-4-11-16)19(14-20)13-7-9-15-8-5-6-12-17(15)19/h5-6,8,12,16,21H,2-4,7,9-11,13-14,20H2,1H3. The average Bonchev–Trinajstić information content (AvgIpc) is 2.55. The summed E-state index contributed by atoms with van der Waals surface area (Å²) in [7, 11) is 0. The molecular weight excluding hydrogens is 258 g/mol. The Morgan fingerprint density at radius 3 is 2.62 bits per heavy atom. The highest BCUT2D eigenvalue weighted by Crippen LogP contribution is 2.50. The molecule has 21 heavy (non-hydrogen) atoms. The highest BCUT2D eigenvalue weighted by Gasteiger charge is 2.52. The number of aliphatic hydroxyl groups is 1. The Hall–Kier alpha value is -0.860. The lowest BCUT2D eigenvalue weighted by Gasteiger charge is -2.53. The van der Waals surface area contributed by atoms with E-state index in [1.807, 2.05) is 0 Å². The van der Waals surface area contributed by atoms with E-state index in [0.717, 1.165) is 32.1 Å². The number of rotatable bonds is 3. The average molecular weight is 287 g/mol. The first-order valence-corrected chi connectivity index (χ1v) is 8.63. The molecule has 0 heterocycles. The van der Waals surface area contributed by atoms with Crippen LogP contribution in [0.4, 0.5) is 0 Å². The minimum Gasteiger partial charge on any atom is -0.389 e. The van der Waals surface area contributed by atoms with Crippen molar-refractivity contribution in [3.8, 4) is 0 Å². The molecule has 1 saturated carbocycles. The van der Waals surface area contributed by atoms with E-state index < -0.39 is 5.60 Å². The Labute approximate surface area is 128 Å². The first kappa shape index (κ1) is 15.1. The second kappa shape index (κ2) is 5.73. The van der Waals surface area contributed by atoms with Crippen LogP contribution in [-0.2, 0) is 11.8 Å². The lowest BCUT2D eigenvalue weighted by atomic mass is 9.56. The highest BCUT2D eigenvalue weighted by atomic mass is 16.3. The summed E-state index contributed by atoms with van der Waals surface area (Å²) in [4.78, 5) is 0. The van der Waals surface area contributed by atoms with Crippen molar-refractivity contribution in [3.05, 3.63) is 35.4 Å². The van der Waals surface area contributed by atoms with E-state index in [-0.39, 0.29) is 5.41 Å². The zero-order valence-corrected chi connectivity index (χ0v) is 13.3. The molecular formula is C19H29NO. The molecule has 3 rings (SSSR count). The number of hydrogen-bond donors (Lipinski definition) is 2. The van der Waals surface area contributed by atoms with Crippen molar-refractivity contribution in [2.45, 2.75) is 69.3 Å². The van der Waals surface area contributed by atoms with Crippen LogP contribution < -0.4 is 5.73 Å². The summed E-state index contributed by atoms with van der Waals surface area (Å²) in [6.07, 6.45) is 9.40. The lowest BCUT2D eigenvalue weighted by molar-refractivity contribution is -0.0874. The van der Waals surface area contributed by atoms with E-state index in [1.165, 1.54) is 30.4 Å². The van der Waals surface area contributed by atoms with Crippen LogP contribution in [0.25, 0.3) is 0 Å². The summed E-state index contributed by atoms with van der Waals surface area (Å²) in [5.74, 6) is 0.390. The number of hydrogen-bond acceptors (Lipinski definition) is 2. The first-order valence-electron chi connectivity index (χ1n) is 8.63. The van der Waals surface area contributed by atoms with Gasteiger partial charge in [0, 0.05) is 12.0 Å². The van der Waals surface area contributed by atoms with Crippen LogP contribution in [0.2, 0.25) is 0 Å². The molecule has 2 atom stereocenters. The van der Waals surface area contributed by atoms with Gasteiger partial charge in [-0.3, -0.25) is 0 Å². The Bertz CT molecular complexity index is 490. The SMILES string of the molecule is CC(O)(C1CCCCC1)C1(CN)CCCc2ccccc21. The molecule has 2 heteroatoms. The molecule has 116 valence electrons. The van der Waals surface area contributed by atoms with Gasteiger partial charge in [0.15, 0.2) is 0 Å². The van der Waals surface area contributed by atoms with Gasteiger partial charge in [0.05, 0.1) is 5.60 Å². The molecule has 2 aliphatic rings. The Kier molecular flexibility index (Phi) is 4.11. The molecule has 0 amide bonds. The van der Waals surface area contributed by atoms with Gasteiger partial charge in [0.1, 0.15) is 0 Å². The Balaban J connectivity index is 2.04. The fourth-order valence-corrected chi connectivity index (χ4v) is 4.92. The van der Waals surface area contributed by atoms with Gasteiger partial charge < -0.3 is 10.8 Å². The Morgan fingerprint density at radius 1 is 1.19 bits per heavy atom. The van der Waals surface area contributed by atoms with Crippen LogP contribution in [0.1, 0.15) is 63.0 Å². The summed E-state index contributed by atoms with van der Waals surface area (Å²) in [5.41, 5.74) is 8.04. The highest BCUT2D eigenvalue weighted by molar-refractivity contribution is 5.40. The van der Waals surface area contributed by atoms with Crippen LogP contribution in [0, 0.1) is 5.92 Å². The number of benzene rings is 1. The maximum absolute atomic E-state index is 11.6. The molecule has 2 aliphatic carbocycles. The van der Waals surface area contributed by atoms with Crippen molar-refractivity contribution in [2.75, 3.05) is 6.54 Å². The van der Waals surface area contributed by atoms with Crippen LogP contribution in [0.15, 0.2) is 24.3 Å². The summed E-state index contributed by atoms with van der Waals surface area (Å²) in [6, 6.07) is 8.64. The molecule has 0 aromatic heterocycles. The third-order valence-electron chi connectivity index (χ3n) is 6.30. The third-order valence-corrected chi connectivity index (χ3v) is 6.30. The van der Waals surface area contributed by atoms with Crippen molar-refractivity contribution in [2.24, 2.45) is 11.7 Å². The van der Waals surface area contributed by atoms with Crippen LogP contribution in [-0.4, -0.2) is 17.3 Å². The summed E-state index contributed by atoms with van der Waals surface area (Å²) >= 11 is 0. The second-order valence-electron chi connectivity index (χ2n) is 7.28. The van der Waals surface area contributed by atoms with Gasteiger partial charge in [0.25, 0.3) is 0 Å². The van der Waals surface area contributed by atoms with Gasteiger partial charge >= 0.3 is 0 Å². The topological polar surface area (TPSA) is 46.2 Å². The predicted molar refractivity (Wildman–Crippen MR) is 87.3 cm³/mol. The normalized spacial score (nSPS) is 29.7. The maximum atomic E-state index is 11.6. The summed E-state index contributed by atoms with van der Waals surface area (Å²) in [6.45, 7) is 2.62. The minimum absolute atomic E-state index is 0.260. The lowest BCUT2D eigenvalue weighted by Crippen LogP contribution is -2.59. The molecule has 0 saturated heterocycles. The molecule has 2 nitrogen and oxygen atoms in total. The van der Waals surface area contributed by atoms with E-state index in [9.17, 15) is 5.11 Å². The molecule has 1 fully saturated rings. The van der Waals surface area contributed by atoms with Crippen molar-refractivity contribution < 1.29 is 5.11 Å². The molecule has 0 bridgehead atoms. The fourth-order valence-electron chi connectivity index (χ4n) is 4.92. The van der Waals surface area contributed by atoms with Crippen molar-refractivity contribution in [3.63, 3.8) is 0 Å². The molecule has 1 aromatic carbocycles. The summed E-state index contributed by atoms with van der Waals surface area (Å²) in [5, 5.41) is 11.6. The molecule has 1 aromatic rings. The zero-order valence-electron chi connectivity index (χ0n) is 13.3. The Morgan fingerprint density at radius 2 is 1.90 bits per heavy atom. The van der Waals surface area contributed by atoms with Gasteiger partial charge in [-0.2, -0.15) is 0 Å². The van der Waals surface area contributed by atoms with E-state index in [2.05, 4.69) is 31.2 Å². The number of aryl methyl sites for hydroxylation is 1. The van der Waals surface area contributed by atoms with Gasteiger partial charge in [-0.05, 0) is 56.1 Å². The zero-order chi connectivity index (χ0) is 14.9. The van der Waals surface area contributed by atoms with Gasteiger partial charge in [-0.1, -0.05) is 43.5 Å². The van der Waals surface area contributed by atoms with Crippen LogP contribution in [0.5, 0.6) is 0 Å². The van der Waals surface area contributed by atoms with Gasteiger partial charge in [-0.25, -0.2) is 0 Å². The molecule has 0 aliphatic heterocycles. The van der Waals surface area contributed by atoms with E-state index in [1.54, 1.807) is 0 Å². The van der Waals surface area contributed by atoms with Gasteiger partial charge in [0.2, 0.25) is 0 Å². The van der Waals surface area contributed by atoms with Gasteiger partial charge in [-0.15, -0.1) is 0 Å². The number of fused-ring (bicyclic) bond motifs is 1.